The third kappa shape index (κ3) is 2.55. The van der Waals surface area contributed by atoms with Crippen LogP contribution in [0.1, 0.15) is 0 Å². The highest BCUT2D eigenvalue weighted by Crippen LogP contribution is 2.31. The van der Waals surface area contributed by atoms with Crippen LogP contribution >= 0.6 is 11.6 Å². The normalized spacial score (nSPS) is 11.0. The zero-order chi connectivity index (χ0) is 15.8. The average molecular weight is 322 g/mol. The maximum absolute atomic E-state index is 5.98. The summed E-state index contributed by atoms with van der Waals surface area (Å²) in [6, 6.07) is 9.46. The minimum Gasteiger partial charge on any atom is -0.275 e. The zero-order valence-corrected chi connectivity index (χ0v) is 13.1. The molecule has 4 rings (SSSR count). The van der Waals surface area contributed by atoms with Gasteiger partial charge in [-0.15, -0.1) is 0 Å². The standard InChI is InChI=1S/C17H12ClN5/c1-23-10-13(17(22-23)11-3-2-6-19-8-11)12-7-15-14(20-9-12)4-5-16(18)21-15/h2-10H,1H3. The lowest BCUT2D eigenvalue weighted by Gasteiger charge is -2.04. The molecule has 0 aliphatic carbocycles. The SMILES string of the molecule is Cn1cc(-c2cnc3ccc(Cl)nc3c2)c(-c2cccnc2)n1. The third-order valence-corrected chi connectivity index (χ3v) is 3.79. The van der Waals surface area contributed by atoms with Crippen molar-refractivity contribution in [2.75, 3.05) is 0 Å². The van der Waals surface area contributed by atoms with E-state index in [1.54, 1.807) is 23.1 Å². The second-order valence-corrected chi connectivity index (χ2v) is 5.59. The smallest absolute Gasteiger partial charge is 0.129 e. The van der Waals surface area contributed by atoms with E-state index in [9.17, 15) is 0 Å². The molecule has 0 amide bonds. The highest BCUT2D eigenvalue weighted by molar-refractivity contribution is 6.29. The van der Waals surface area contributed by atoms with Gasteiger partial charge in [0.25, 0.3) is 0 Å². The van der Waals surface area contributed by atoms with Crippen molar-refractivity contribution in [3.8, 4) is 22.4 Å². The van der Waals surface area contributed by atoms with Gasteiger partial charge >= 0.3 is 0 Å². The Morgan fingerprint density at radius 2 is 1.96 bits per heavy atom. The number of aryl methyl sites for hydroxylation is 1. The molecule has 112 valence electrons. The molecular formula is C17H12ClN5. The summed E-state index contributed by atoms with van der Waals surface area (Å²) in [4.78, 5) is 13.0. The molecule has 0 N–H and O–H groups in total. The monoisotopic (exact) mass is 321 g/mol. The van der Waals surface area contributed by atoms with Gasteiger partial charge in [0.2, 0.25) is 0 Å². The molecule has 0 aliphatic heterocycles. The predicted molar refractivity (Wildman–Crippen MR) is 90.0 cm³/mol. The number of nitrogens with zero attached hydrogens (tertiary/aromatic N) is 5. The van der Waals surface area contributed by atoms with Gasteiger partial charge in [-0.2, -0.15) is 5.10 Å². The molecule has 5 nitrogen and oxygen atoms in total. The lowest BCUT2D eigenvalue weighted by atomic mass is 10.0. The first-order chi connectivity index (χ1) is 11.2. The van der Waals surface area contributed by atoms with E-state index in [4.69, 9.17) is 11.6 Å². The van der Waals surface area contributed by atoms with Crippen molar-refractivity contribution in [3.63, 3.8) is 0 Å². The van der Waals surface area contributed by atoms with E-state index in [0.29, 0.717) is 5.15 Å². The van der Waals surface area contributed by atoms with E-state index >= 15 is 0 Å². The van der Waals surface area contributed by atoms with Gasteiger partial charge in [-0.1, -0.05) is 11.6 Å². The summed E-state index contributed by atoms with van der Waals surface area (Å²) in [5, 5.41) is 5.01. The van der Waals surface area contributed by atoms with E-state index in [0.717, 1.165) is 33.4 Å². The van der Waals surface area contributed by atoms with Gasteiger partial charge in [-0.05, 0) is 30.3 Å². The van der Waals surface area contributed by atoms with Gasteiger partial charge in [0.1, 0.15) is 10.8 Å². The van der Waals surface area contributed by atoms with Crippen LogP contribution in [0.4, 0.5) is 0 Å². The van der Waals surface area contributed by atoms with Gasteiger partial charge in [0.05, 0.1) is 11.0 Å². The maximum Gasteiger partial charge on any atom is 0.129 e. The Bertz CT molecular complexity index is 994. The molecular weight excluding hydrogens is 310 g/mol. The number of hydrogen-bond acceptors (Lipinski definition) is 4. The Morgan fingerprint density at radius 1 is 1.04 bits per heavy atom. The number of halogens is 1. The van der Waals surface area contributed by atoms with Crippen LogP contribution in [0, 0.1) is 0 Å². The van der Waals surface area contributed by atoms with Crippen molar-refractivity contribution in [2.45, 2.75) is 0 Å². The molecule has 0 spiro atoms. The van der Waals surface area contributed by atoms with Crippen LogP contribution in [0.25, 0.3) is 33.4 Å². The second-order valence-electron chi connectivity index (χ2n) is 5.20. The first-order valence-electron chi connectivity index (χ1n) is 7.07. The molecule has 0 fully saturated rings. The van der Waals surface area contributed by atoms with Gasteiger partial charge in [0, 0.05) is 48.5 Å². The fourth-order valence-corrected chi connectivity index (χ4v) is 2.70. The van der Waals surface area contributed by atoms with Crippen LogP contribution in [0.5, 0.6) is 0 Å². The molecule has 0 atom stereocenters. The zero-order valence-electron chi connectivity index (χ0n) is 12.3. The summed E-state index contributed by atoms with van der Waals surface area (Å²) in [5.74, 6) is 0. The highest BCUT2D eigenvalue weighted by Gasteiger charge is 2.13. The van der Waals surface area contributed by atoms with E-state index in [-0.39, 0.29) is 0 Å². The van der Waals surface area contributed by atoms with Crippen LogP contribution in [0.3, 0.4) is 0 Å². The van der Waals surface area contributed by atoms with Gasteiger partial charge in [-0.25, -0.2) is 4.98 Å². The lowest BCUT2D eigenvalue weighted by Crippen LogP contribution is -1.88. The fraction of sp³-hybridized carbons (Fsp3) is 0.0588. The predicted octanol–water partition coefficient (Wildman–Crippen LogP) is 3.75. The number of fused-ring (bicyclic) bond motifs is 1. The van der Waals surface area contributed by atoms with Crippen LogP contribution in [0.2, 0.25) is 5.15 Å². The summed E-state index contributed by atoms with van der Waals surface area (Å²) < 4.78 is 1.78. The van der Waals surface area contributed by atoms with E-state index < -0.39 is 0 Å². The summed E-state index contributed by atoms with van der Waals surface area (Å²) in [6.45, 7) is 0. The molecule has 6 heteroatoms. The molecule has 23 heavy (non-hydrogen) atoms. The van der Waals surface area contributed by atoms with E-state index in [1.165, 1.54) is 0 Å². The Hall–Kier alpha value is -2.79. The van der Waals surface area contributed by atoms with Crippen LogP contribution in [-0.2, 0) is 7.05 Å². The molecule has 4 aromatic heterocycles. The lowest BCUT2D eigenvalue weighted by molar-refractivity contribution is 0.771. The largest absolute Gasteiger partial charge is 0.275 e. The summed E-state index contributed by atoms with van der Waals surface area (Å²) in [7, 11) is 1.90. The van der Waals surface area contributed by atoms with Crippen molar-refractivity contribution in [1.82, 2.24) is 24.7 Å². The molecule has 0 bridgehead atoms. The Labute approximate surface area is 137 Å². The van der Waals surface area contributed by atoms with Gasteiger partial charge < -0.3 is 0 Å². The van der Waals surface area contributed by atoms with Crippen molar-refractivity contribution < 1.29 is 0 Å². The molecule has 0 aliphatic rings. The molecule has 0 radical (unpaired) electrons. The number of hydrogen-bond donors (Lipinski definition) is 0. The summed E-state index contributed by atoms with van der Waals surface area (Å²) >= 11 is 5.98. The summed E-state index contributed by atoms with van der Waals surface area (Å²) in [5.41, 5.74) is 5.32. The van der Waals surface area contributed by atoms with Gasteiger partial charge in [0.15, 0.2) is 0 Å². The highest BCUT2D eigenvalue weighted by atomic mass is 35.5. The molecule has 0 saturated carbocycles. The second kappa shape index (κ2) is 5.44. The Kier molecular flexibility index (Phi) is 3.28. The number of rotatable bonds is 2. The molecule has 0 saturated heterocycles. The average Bonchev–Trinajstić information content (AvgIpc) is 2.97. The Balaban J connectivity index is 1.91. The minimum atomic E-state index is 0.454. The third-order valence-electron chi connectivity index (χ3n) is 3.58. The molecule has 0 aromatic carbocycles. The number of aromatic nitrogens is 5. The minimum absolute atomic E-state index is 0.454. The van der Waals surface area contributed by atoms with Crippen LogP contribution in [-0.4, -0.2) is 24.7 Å². The summed E-state index contributed by atoms with van der Waals surface area (Å²) in [6.07, 6.45) is 7.34. The van der Waals surface area contributed by atoms with Crippen LogP contribution in [0.15, 0.2) is 55.1 Å². The van der Waals surface area contributed by atoms with E-state index in [1.807, 2.05) is 43.7 Å². The first-order valence-corrected chi connectivity index (χ1v) is 7.45. The topological polar surface area (TPSA) is 56.5 Å². The molecule has 0 unspecified atom stereocenters. The van der Waals surface area contributed by atoms with Crippen LogP contribution < -0.4 is 0 Å². The van der Waals surface area contributed by atoms with Crippen molar-refractivity contribution in [3.05, 3.63) is 60.3 Å². The Morgan fingerprint density at radius 3 is 2.78 bits per heavy atom. The van der Waals surface area contributed by atoms with E-state index in [2.05, 4.69) is 20.1 Å². The molecule has 4 heterocycles. The molecule has 4 aromatic rings. The van der Waals surface area contributed by atoms with Crippen molar-refractivity contribution >= 4 is 22.6 Å². The fourth-order valence-electron chi connectivity index (χ4n) is 2.54. The maximum atomic E-state index is 5.98. The van der Waals surface area contributed by atoms with Crippen molar-refractivity contribution in [1.29, 1.82) is 0 Å². The number of pyridine rings is 3. The van der Waals surface area contributed by atoms with Crippen molar-refractivity contribution in [2.24, 2.45) is 7.05 Å². The quantitative estimate of drug-likeness (QED) is 0.528. The first kappa shape index (κ1) is 13.8. The van der Waals surface area contributed by atoms with Gasteiger partial charge in [-0.3, -0.25) is 14.6 Å².